The van der Waals surface area contributed by atoms with E-state index in [-0.39, 0.29) is 5.83 Å². The van der Waals surface area contributed by atoms with Gasteiger partial charge in [0.1, 0.15) is 0 Å². The van der Waals surface area contributed by atoms with Gasteiger partial charge in [-0.1, -0.05) is 24.3 Å². The van der Waals surface area contributed by atoms with Gasteiger partial charge in [0.25, 0.3) is 0 Å². The summed E-state index contributed by atoms with van der Waals surface area (Å²) in [6.45, 7) is 1.43. The third-order valence-electron chi connectivity index (χ3n) is 2.05. The molecule has 2 aromatic rings. The third kappa shape index (κ3) is 1.64. The van der Waals surface area contributed by atoms with Gasteiger partial charge in [-0.3, -0.25) is 4.98 Å². The quantitative estimate of drug-likeness (QED) is 0.665. The van der Waals surface area contributed by atoms with Crippen LogP contribution in [-0.2, 0) is 0 Å². The molecule has 2 rings (SSSR count). The van der Waals surface area contributed by atoms with Gasteiger partial charge in [0.2, 0.25) is 0 Å². The standard InChI is InChI=1S/C12H10FN/c1-9(13)6-11-8-14-7-10-4-2-3-5-12(10)11/h2-8H,1H3. The summed E-state index contributed by atoms with van der Waals surface area (Å²) in [6, 6.07) is 7.81. The molecular formula is C12H10FN. The fourth-order valence-corrected chi connectivity index (χ4v) is 1.47. The molecule has 0 aliphatic carbocycles. The Morgan fingerprint density at radius 1 is 1.29 bits per heavy atom. The van der Waals surface area contributed by atoms with Crippen LogP contribution in [0.4, 0.5) is 4.39 Å². The highest BCUT2D eigenvalue weighted by Crippen LogP contribution is 2.19. The zero-order valence-electron chi connectivity index (χ0n) is 7.87. The zero-order chi connectivity index (χ0) is 9.97. The summed E-state index contributed by atoms with van der Waals surface area (Å²) in [5.74, 6) is -0.205. The Morgan fingerprint density at radius 3 is 2.86 bits per heavy atom. The summed E-state index contributed by atoms with van der Waals surface area (Å²) in [7, 11) is 0. The summed E-state index contributed by atoms with van der Waals surface area (Å²) in [5, 5.41) is 2.06. The lowest BCUT2D eigenvalue weighted by molar-refractivity contribution is 0.648. The molecule has 0 amide bonds. The van der Waals surface area contributed by atoms with Crippen molar-refractivity contribution in [2.24, 2.45) is 0 Å². The van der Waals surface area contributed by atoms with Crippen molar-refractivity contribution in [2.75, 3.05) is 0 Å². The molecule has 0 aliphatic rings. The average molecular weight is 187 g/mol. The molecule has 2 heteroatoms. The number of hydrogen-bond acceptors (Lipinski definition) is 1. The van der Waals surface area contributed by atoms with Crippen molar-refractivity contribution in [1.29, 1.82) is 0 Å². The van der Waals surface area contributed by atoms with E-state index in [1.54, 1.807) is 12.4 Å². The Balaban J connectivity index is 2.71. The zero-order valence-corrected chi connectivity index (χ0v) is 7.87. The van der Waals surface area contributed by atoms with Crippen molar-refractivity contribution < 1.29 is 4.39 Å². The van der Waals surface area contributed by atoms with Crippen LogP contribution in [0.5, 0.6) is 0 Å². The number of pyridine rings is 1. The van der Waals surface area contributed by atoms with E-state index in [0.29, 0.717) is 0 Å². The second kappa shape index (κ2) is 3.58. The second-order valence-corrected chi connectivity index (χ2v) is 3.18. The van der Waals surface area contributed by atoms with Crippen molar-refractivity contribution in [3.63, 3.8) is 0 Å². The van der Waals surface area contributed by atoms with Crippen molar-refractivity contribution in [2.45, 2.75) is 6.92 Å². The predicted octanol–water partition coefficient (Wildman–Crippen LogP) is 3.57. The fraction of sp³-hybridized carbons (Fsp3) is 0.0833. The largest absolute Gasteiger partial charge is 0.263 e. The minimum absolute atomic E-state index is 0.205. The Kier molecular flexibility index (Phi) is 2.27. The van der Waals surface area contributed by atoms with Gasteiger partial charge in [-0.05, 0) is 18.4 Å². The molecule has 1 aromatic heterocycles. The van der Waals surface area contributed by atoms with Crippen LogP contribution in [0.15, 0.2) is 42.5 Å². The van der Waals surface area contributed by atoms with Gasteiger partial charge in [0, 0.05) is 23.3 Å². The van der Waals surface area contributed by atoms with Crippen molar-refractivity contribution in [1.82, 2.24) is 4.98 Å². The number of halogens is 1. The van der Waals surface area contributed by atoms with Crippen molar-refractivity contribution in [3.8, 4) is 0 Å². The number of allylic oxidation sites excluding steroid dienone is 1. The summed E-state index contributed by atoms with van der Waals surface area (Å²) < 4.78 is 12.7. The highest BCUT2D eigenvalue weighted by molar-refractivity contribution is 5.89. The van der Waals surface area contributed by atoms with Crippen LogP contribution in [0.2, 0.25) is 0 Å². The lowest BCUT2D eigenvalue weighted by Crippen LogP contribution is -1.81. The monoisotopic (exact) mass is 187 g/mol. The van der Waals surface area contributed by atoms with E-state index in [1.165, 1.54) is 13.0 Å². The van der Waals surface area contributed by atoms with Gasteiger partial charge in [0.05, 0.1) is 5.83 Å². The first-order valence-electron chi connectivity index (χ1n) is 4.44. The van der Waals surface area contributed by atoms with Gasteiger partial charge in [-0.15, -0.1) is 0 Å². The van der Waals surface area contributed by atoms with Crippen LogP contribution in [0.3, 0.4) is 0 Å². The SMILES string of the molecule is CC(F)=Cc1cncc2ccccc12. The number of aromatic nitrogens is 1. The summed E-state index contributed by atoms with van der Waals surface area (Å²) >= 11 is 0. The number of rotatable bonds is 1. The van der Waals surface area contributed by atoms with Crippen molar-refractivity contribution in [3.05, 3.63) is 48.0 Å². The molecular weight excluding hydrogens is 177 g/mol. The van der Waals surface area contributed by atoms with E-state index < -0.39 is 0 Å². The molecule has 0 spiro atoms. The van der Waals surface area contributed by atoms with Gasteiger partial charge >= 0.3 is 0 Å². The number of benzene rings is 1. The molecule has 70 valence electrons. The minimum atomic E-state index is -0.205. The maximum absolute atomic E-state index is 12.7. The Labute approximate surface area is 81.9 Å². The van der Waals surface area contributed by atoms with Crippen LogP contribution in [0, 0.1) is 0 Å². The molecule has 14 heavy (non-hydrogen) atoms. The number of hydrogen-bond donors (Lipinski definition) is 0. The molecule has 1 nitrogen and oxygen atoms in total. The second-order valence-electron chi connectivity index (χ2n) is 3.18. The molecule has 1 aromatic carbocycles. The topological polar surface area (TPSA) is 12.9 Å². The Hall–Kier alpha value is -1.70. The van der Waals surface area contributed by atoms with E-state index in [1.807, 2.05) is 24.3 Å². The molecule has 0 fully saturated rings. The van der Waals surface area contributed by atoms with Crippen LogP contribution in [0.25, 0.3) is 16.8 Å². The molecule has 0 saturated heterocycles. The first-order valence-corrected chi connectivity index (χ1v) is 4.44. The van der Waals surface area contributed by atoms with Gasteiger partial charge < -0.3 is 0 Å². The predicted molar refractivity (Wildman–Crippen MR) is 56.5 cm³/mol. The van der Waals surface area contributed by atoms with E-state index in [2.05, 4.69) is 4.98 Å². The Bertz CT molecular complexity index is 479. The van der Waals surface area contributed by atoms with E-state index in [0.717, 1.165) is 16.3 Å². The highest BCUT2D eigenvalue weighted by Gasteiger charge is 1.98. The summed E-state index contributed by atoms with van der Waals surface area (Å²) in [6.07, 6.45) is 4.95. The summed E-state index contributed by atoms with van der Waals surface area (Å²) in [4.78, 5) is 4.05. The molecule has 0 aliphatic heterocycles. The molecule has 0 radical (unpaired) electrons. The molecule has 0 unspecified atom stereocenters. The lowest BCUT2D eigenvalue weighted by atomic mass is 10.1. The maximum atomic E-state index is 12.7. The van der Waals surface area contributed by atoms with Crippen LogP contribution < -0.4 is 0 Å². The smallest absolute Gasteiger partial charge is 0.0975 e. The van der Waals surface area contributed by atoms with Crippen LogP contribution in [0.1, 0.15) is 12.5 Å². The van der Waals surface area contributed by atoms with Crippen LogP contribution in [-0.4, -0.2) is 4.98 Å². The molecule has 0 N–H and O–H groups in total. The van der Waals surface area contributed by atoms with E-state index >= 15 is 0 Å². The lowest BCUT2D eigenvalue weighted by Gasteiger charge is -2.00. The average Bonchev–Trinajstić information content (AvgIpc) is 2.18. The van der Waals surface area contributed by atoms with Gasteiger partial charge in [0.15, 0.2) is 0 Å². The number of fused-ring (bicyclic) bond motifs is 1. The first-order chi connectivity index (χ1) is 6.77. The first kappa shape index (κ1) is 8.88. The number of nitrogens with zero attached hydrogens (tertiary/aromatic N) is 1. The molecule has 0 bridgehead atoms. The fourth-order valence-electron chi connectivity index (χ4n) is 1.47. The molecule has 0 atom stereocenters. The normalized spacial score (nSPS) is 12.0. The van der Waals surface area contributed by atoms with Gasteiger partial charge in [-0.2, -0.15) is 0 Å². The van der Waals surface area contributed by atoms with Crippen LogP contribution >= 0.6 is 0 Å². The highest BCUT2D eigenvalue weighted by atomic mass is 19.1. The molecule has 0 saturated carbocycles. The summed E-state index contributed by atoms with van der Waals surface area (Å²) in [5.41, 5.74) is 0.822. The maximum Gasteiger partial charge on any atom is 0.0975 e. The van der Waals surface area contributed by atoms with E-state index in [9.17, 15) is 4.39 Å². The Morgan fingerprint density at radius 2 is 2.07 bits per heavy atom. The third-order valence-corrected chi connectivity index (χ3v) is 2.05. The van der Waals surface area contributed by atoms with E-state index in [4.69, 9.17) is 0 Å². The molecule has 1 heterocycles. The minimum Gasteiger partial charge on any atom is -0.263 e. The van der Waals surface area contributed by atoms with Crippen molar-refractivity contribution >= 4 is 16.8 Å². The van der Waals surface area contributed by atoms with Gasteiger partial charge in [-0.25, -0.2) is 4.39 Å².